The highest BCUT2D eigenvalue weighted by molar-refractivity contribution is 7.18. The number of primary amides is 1. The lowest BCUT2D eigenvalue weighted by Gasteiger charge is -2.08. The summed E-state index contributed by atoms with van der Waals surface area (Å²) in [5.74, 6) is -2.09. The van der Waals surface area contributed by atoms with Crippen LogP contribution in [-0.2, 0) is 14.3 Å². The first-order valence-corrected chi connectivity index (χ1v) is 8.72. The summed E-state index contributed by atoms with van der Waals surface area (Å²) in [6, 6.07) is 5.93. The largest absolute Gasteiger partial charge is 0.484 e. The Balaban J connectivity index is 2.13. The monoisotopic (exact) mass is 406 g/mol. The van der Waals surface area contributed by atoms with Crippen LogP contribution in [-0.4, -0.2) is 44.6 Å². The number of hydrogen-bond donors (Lipinski definition) is 2. The van der Waals surface area contributed by atoms with Crippen molar-refractivity contribution < 1.29 is 33.4 Å². The van der Waals surface area contributed by atoms with E-state index < -0.39 is 23.8 Å². The molecule has 1 heterocycles. The van der Waals surface area contributed by atoms with Crippen molar-refractivity contribution in [1.82, 2.24) is 0 Å². The van der Waals surface area contributed by atoms with Gasteiger partial charge in [0.1, 0.15) is 15.6 Å². The van der Waals surface area contributed by atoms with E-state index >= 15 is 0 Å². The molecule has 0 bridgehead atoms. The summed E-state index contributed by atoms with van der Waals surface area (Å²) in [5, 5.41) is 2.69. The van der Waals surface area contributed by atoms with Crippen molar-refractivity contribution in [3.05, 3.63) is 45.8 Å². The van der Waals surface area contributed by atoms with E-state index in [-0.39, 0.29) is 22.0 Å². The van der Waals surface area contributed by atoms with Crippen LogP contribution in [0, 0.1) is 6.92 Å². The third kappa shape index (κ3) is 4.65. The van der Waals surface area contributed by atoms with Crippen LogP contribution >= 0.6 is 11.3 Å². The van der Waals surface area contributed by atoms with Crippen LogP contribution in [0.4, 0.5) is 5.00 Å². The maximum Gasteiger partial charge on any atom is 0.348 e. The first kappa shape index (κ1) is 20.9. The zero-order valence-electron chi connectivity index (χ0n) is 15.4. The molecule has 0 atom stereocenters. The van der Waals surface area contributed by atoms with Crippen molar-refractivity contribution in [2.24, 2.45) is 5.73 Å². The lowest BCUT2D eigenvalue weighted by molar-refractivity contribution is -0.118. The number of amides is 2. The molecule has 0 saturated heterocycles. The molecule has 0 unspecified atom stereocenters. The lowest BCUT2D eigenvalue weighted by Crippen LogP contribution is -2.21. The van der Waals surface area contributed by atoms with Crippen LogP contribution in [0.15, 0.2) is 24.3 Å². The van der Waals surface area contributed by atoms with Gasteiger partial charge in [0.05, 0.1) is 19.8 Å². The summed E-state index contributed by atoms with van der Waals surface area (Å²) < 4.78 is 14.7. The van der Waals surface area contributed by atoms with Crippen molar-refractivity contribution in [1.29, 1.82) is 0 Å². The number of thiophene rings is 1. The Kier molecular flexibility index (Phi) is 6.72. The number of esters is 2. The minimum absolute atomic E-state index is 0.0760. The summed E-state index contributed by atoms with van der Waals surface area (Å²) in [5.41, 5.74) is 5.89. The van der Waals surface area contributed by atoms with Gasteiger partial charge < -0.3 is 25.3 Å². The van der Waals surface area contributed by atoms with Gasteiger partial charge in [-0.3, -0.25) is 9.59 Å². The Morgan fingerprint density at radius 1 is 1.04 bits per heavy atom. The molecular weight excluding hydrogens is 388 g/mol. The van der Waals surface area contributed by atoms with Crippen molar-refractivity contribution in [3.63, 3.8) is 0 Å². The molecule has 28 heavy (non-hydrogen) atoms. The van der Waals surface area contributed by atoms with E-state index in [4.69, 9.17) is 15.2 Å². The number of rotatable bonds is 7. The zero-order valence-corrected chi connectivity index (χ0v) is 16.2. The molecule has 2 rings (SSSR count). The molecule has 0 aliphatic heterocycles. The van der Waals surface area contributed by atoms with Crippen LogP contribution in [0.25, 0.3) is 0 Å². The molecule has 0 saturated carbocycles. The van der Waals surface area contributed by atoms with Crippen molar-refractivity contribution in [2.45, 2.75) is 6.92 Å². The van der Waals surface area contributed by atoms with Crippen LogP contribution in [0.2, 0.25) is 0 Å². The number of carbonyl (C=O) groups is 4. The van der Waals surface area contributed by atoms with E-state index in [1.807, 2.05) is 0 Å². The molecule has 10 heteroatoms. The Labute approximate surface area is 164 Å². The van der Waals surface area contributed by atoms with E-state index in [9.17, 15) is 19.2 Å². The molecule has 2 aromatic rings. The molecule has 148 valence electrons. The van der Waals surface area contributed by atoms with E-state index in [1.165, 1.54) is 38.5 Å². The molecule has 0 fully saturated rings. The average molecular weight is 406 g/mol. The minimum atomic E-state index is -0.692. The molecule has 3 N–H and O–H groups in total. The second kappa shape index (κ2) is 9.00. The number of anilines is 1. The summed E-state index contributed by atoms with van der Waals surface area (Å²) in [7, 11) is 2.41. The molecule has 0 aliphatic rings. The van der Waals surface area contributed by atoms with Crippen molar-refractivity contribution >= 4 is 40.1 Å². The Morgan fingerprint density at radius 2 is 1.64 bits per heavy atom. The highest BCUT2D eigenvalue weighted by Gasteiger charge is 2.26. The molecule has 1 aromatic carbocycles. The highest BCUT2D eigenvalue weighted by Crippen LogP contribution is 2.34. The number of carbonyl (C=O) groups excluding carboxylic acids is 4. The standard InChI is InChI=1S/C18H18N2O7S/c1-9-13(17(23)25-2)16(28-14(9)18(24)26-3)20-12(21)8-27-11-6-4-10(5-7-11)15(19)22/h4-7H,8H2,1-3H3,(H2,19,22)(H,20,21). The number of hydrogen-bond acceptors (Lipinski definition) is 8. The SMILES string of the molecule is COC(=O)c1sc(NC(=O)COc2ccc(C(N)=O)cc2)c(C(=O)OC)c1C. The molecule has 2 amide bonds. The van der Waals surface area contributed by atoms with Gasteiger partial charge in [0.2, 0.25) is 5.91 Å². The molecule has 0 aliphatic carbocycles. The van der Waals surface area contributed by atoms with E-state index in [1.54, 1.807) is 6.92 Å². The smallest absolute Gasteiger partial charge is 0.348 e. The topological polar surface area (TPSA) is 134 Å². The van der Waals surface area contributed by atoms with Gasteiger partial charge in [-0.1, -0.05) is 0 Å². The molecule has 0 spiro atoms. The van der Waals surface area contributed by atoms with Crippen LogP contribution in [0.1, 0.15) is 36.0 Å². The van der Waals surface area contributed by atoms with Gasteiger partial charge >= 0.3 is 11.9 Å². The van der Waals surface area contributed by atoms with Gasteiger partial charge in [-0.2, -0.15) is 0 Å². The van der Waals surface area contributed by atoms with Crippen molar-refractivity contribution in [2.75, 3.05) is 26.1 Å². The predicted molar refractivity (Wildman–Crippen MR) is 101 cm³/mol. The Hall–Kier alpha value is -3.40. The van der Waals surface area contributed by atoms with Gasteiger partial charge in [-0.05, 0) is 36.8 Å². The van der Waals surface area contributed by atoms with Gasteiger partial charge in [0.25, 0.3) is 5.91 Å². The third-order valence-electron chi connectivity index (χ3n) is 3.67. The third-order valence-corrected chi connectivity index (χ3v) is 4.86. The molecular formula is C18H18N2O7S. The summed E-state index contributed by atoms with van der Waals surface area (Å²) >= 11 is 0.903. The van der Waals surface area contributed by atoms with E-state index in [0.29, 0.717) is 16.9 Å². The lowest BCUT2D eigenvalue weighted by atomic mass is 10.1. The second-order valence-electron chi connectivity index (χ2n) is 5.47. The average Bonchev–Trinajstić information content (AvgIpc) is 3.01. The first-order valence-electron chi connectivity index (χ1n) is 7.91. The fraction of sp³-hybridized carbons (Fsp3) is 0.222. The second-order valence-corrected chi connectivity index (χ2v) is 6.49. The van der Waals surface area contributed by atoms with Crippen LogP contribution in [0.5, 0.6) is 5.75 Å². The van der Waals surface area contributed by atoms with Crippen molar-refractivity contribution in [3.8, 4) is 5.75 Å². The fourth-order valence-corrected chi connectivity index (χ4v) is 3.39. The number of methoxy groups -OCH3 is 2. The summed E-state index contributed by atoms with van der Waals surface area (Å²) in [6.45, 7) is 1.20. The quantitative estimate of drug-likeness (QED) is 0.669. The predicted octanol–water partition coefficient (Wildman–Crippen LogP) is 1.75. The number of nitrogens with one attached hydrogen (secondary N) is 1. The summed E-state index contributed by atoms with van der Waals surface area (Å²) in [6.07, 6.45) is 0. The first-order chi connectivity index (χ1) is 13.3. The van der Waals surface area contributed by atoms with E-state index in [0.717, 1.165) is 11.3 Å². The Morgan fingerprint density at radius 3 is 2.18 bits per heavy atom. The van der Waals surface area contributed by atoms with Crippen LogP contribution < -0.4 is 15.8 Å². The zero-order chi connectivity index (χ0) is 20.8. The van der Waals surface area contributed by atoms with Gasteiger partial charge in [0, 0.05) is 5.56 Å². The fourth-order valence-electron chi connectivity index (χ4n) is 2.26. The van der Waals surface area contributed by atoms with Gasteiger partial charge in [-0.25, -0.2) is 9.59 Å². The number of nitrogens with two attached hydrogens (primary N) is 1. The number of benzene rings is 1. The number of ether oxygens (including phenoxy) is 3. The molecule has 0 radical (unpaired) electrons. The van der Waals surface area contributed by atoms with Crippen LogP contribution in [0.3, 0.4) is 0 Å². The van der Waals surface area contributed by atoms with Gasteiger partial charge in [0.15, 0.2) is 6.61 Å². The highest BCUT2D eigenvalue weighted by atomic mass is 32.1. The molecule has 9 nitrogen and oxygen atoms in total. The minimum Gasteiger partial charge on any atom is -0.484 e. The van der Waals surface area contributed by atoms with E-state index in [2.05, 4.69) is 10.1 Å². The molecule has 1 aromatic heterocycles. The maximum absolute atomic E-state index is 12.2. The normalized spacial score (nSPS) is 10.1. The summed E-state index contributed by atoms with van der Waals surface area (Å²) in [4.78, 5) is 47.3. The van der Waals surface area contributed by atoms with Gasteiger partial charge in [-0.15, -0.1) is 11.3 Å². The Bertz CT molecular complexity index is 919. The maximum atomic E-state index is 12.2.